The fourth-order valence-electron chi connectivity index (χ4n) is 2.44. The largest absolute Gasteiger partial charge is 0.343 e. The van der Waals surface area contributed by atoms with Crippen LogP contribution in [0.3, 0.4) is 0 Å². The highest BCUT2D eigenvalue weighted by molar-refractivity contribution is 7.11. The molecule has 1 saturated heterocycles. The van der Waals surface area contributed by atoms with E-state index in [1.807, 2.05) is 4.90 Å². The topological polar surface area (TPSA) is 46.1 Å². The van der Waals surface area contributed by atoms with Crippen molar-refractivity contribution in [1.29, 1.82) is 0 Å². The smallest absolute Gasteiger partial charge is 0.222 e. The number of aryl methyl sites for hydroxylation is 1. The van der Waals surface area contributed by atoms with Gasteiger partial charge in [0, 0.05) is 25.4 Å². The van der Waals surface area contributed by atoms with Gasteiger partial charge in [0.25, 0.3) is 0 Å². The predicted octanol–water partition coefficient (Wildman–Crippen LogP) is 3.00. The first-order valence-electron chi connectivity index (χ1n) is 7.34. The number of hydrogen-bond donors (Lipinski definition) is 0. The van der Waals surface area contributed by atoms with Crippen molar-refractivity contribution < 1.29 is 4.79 Å². The molecule has 4 nitrogen and oxygen atoms in total. The van der Waals surface area contributed by atoms with Crippen molar-refractivity contribution in [2.24, 2.45) is 0 Å². The molecule has 1 amide bonds. The molecule has 0 bridgehead atoms. The Morgan fingerprint density at radius 2 is 2.05 bits per heavy atom. The highest BCUT2D eigenvalue weighted by Crippen LogP contribution is 2.30. The lowest BCUT2D eigenvalue weighted by Crippen LogP contribution is -2.37. The highest BCUT2D eigenvalue weighted by Gasteiger charge is 2.25. The van der Waals surface area contributed by atoms with Crippen molar-refractivity contribution >= 4 is 17.2 Å². The number of amides is 1. The molecule has 0 radical (unpaired) electrons. The Kier molecular flexibility index (Phi) is 5.31. The molecule has 1 aliphatic heterocycles. The maximum Gasteiger partial charge on any atom is 0.222 e. The van der Waals surface area contributed by atoms with E-state index in [2.05, 4.69) is 24.0 Å². The Labute approximate surface area is 119 Å². The number of hydrogen-bond acceptors (Lipinski definition) is 4. The fourth-order valence-corrected chi connectivity index (χ4v) is 3.39. The maximum atomic E-state index is 12.0. The van der Waals surface area contributed by atoms with Crippen LogP contribution in [-0.4, -0.2) is 34.1 Å². The van der Waals surface area contributed by atoms with Gasteiger partial charge in [-0.15, -0.1) is 21.5 Å². The Hall–Kier alpha value is -0.970. The van der Waals surface area contributed by atoms with Gasteiger partial charge in [0.2, 0.25) is 5.91 Å². The van der Waals surface area contributed by atoms with Crippen molar-refractivity contribution in [3.63, 3.8) is 0 Å². The summed E-state index contributed by atoms with van der Waals surface area (Å²) in [5.41, 5.74) is 0. The number of nitrogens with zero attached hydrogens (tertiary/aromatic N) is 3. The molecular formula is C14H23N3OS. The Bertz CT molecular complexity index is 411. The summed E-state index contributed by atoms with van der Waals surface area (Å²) in [6.45, 7) is 6.00. The number of rotatable bonds is 5. The molecule has 2 rings (SSSR count). The Morgan fingerprint density at radius 3 is 2.63 bits per heavy atom. The molecule has 1 aromatic rings. The molecule has 0 atom stereocenters. The molecule has 2 heterocycles. The van der Waals surface area contributed by atoms with Crippen molar-refractivity contribution in [2.75, 3.05) is 13.1 Å². The van der Waals surface area contributed by atoms with Crippen LogP contribution in [0.25, 0.3) is 0 Å². The molecule has 0 spiro atoms. The third-order valence-corrected chi connectivity index (χ3v) is 4.96. The quantitative estimate of drug-likeness (QED) is 0.833. The van der Waals surface area contributed by atoms with Crippen LogP contribution in [0.1, 0.15) is 61.9 Å². The van der Waals surface area contributed by atoms with Crippen molar-refractivity contribution in [1.82, 2.24) is 15.1 Å². The summed E-state index contributed by atoms with van der Waals surface area (Å²) in [5, 5.41) is 10.8. The average molecular weight is 281 g/mol. The molecular weight excluding hydrogens is 258 g/mol. The standard InChI is InChI=1S/C14H23N3OS/c1-3-5-6-13(18)17-9-7-11(8-10-17)14-16-15-12(4-2)19-14/h11H,3-10H2,1-2H3. The van der Waals surface area contributed by atoms with E-state index in [9.17, 15) is 4.79 Å². The average Bonchev–Trinajstić information content (AvgIpc) is 2.94. The van der Waals surface area contributed by atoms with E-state index in [0.717, 1.165) is 55.2 Å². The first-order valence-corrected chi connectivity index (χ1v) is 8.16. The second-order valence-corrected chi connectivity index (χ2v) is 6.24. The lowest BCUT2D eigenvalue weighted by atomic mass is 9.97. The van der Waals surface area contributed by atoms with Gasteiger partial charge in [0.15, 0.2) is 0 Å². The highest BCUT2D eigenvalue weighted by atomic mass is 32.1. The Balaban J connectivity index is 1.83. The number of unbranched alkanes of at least 4 members (excludes halogenated alkanes) is 1. The van der Waals surface area contributed by atoms with Gasteiger partial charge >= 0.3 is 0 Å². The summed E-state index contributed by atoms with van der Waals surface area (Å²) in [4.78, 5) is 14.0. The fraction of sp³-hybridized carbons (Fsp3) is 0.786. The summed E-state index contributed by atoms with van der Waals surface area (Å²) < 4.78 is 0. The number of piperidine rings is 1. The molecule has 19 heavy (non-hydrogen) atoms. The SMILES string of the molecule is CCCCC(=O)N1CCC(c2nnc(CC)s2)CC1. The molecule has 1 aromatic heterocycles. The molecule has 5 heteroatoms. The van der Waals surface area contributed by atoms with E-state index in [0.29, 0.717) is 18.2 Å². The zero-order chi connectivity index (χ0) is 13.7. The third-order valence-electron chi connectivity index (χ3n) is 3.73. The van der Waals surface area contributed by atoms with Crippen molar-refractivity contribution in [2.45, 2.75) is 58.3 Å². The van der Waals surface area contributed by atoms with Crippen LogP contribution in [-0.2, 0) is 11.2 Å². The summed E-state index contributed by atoms with van der Waals surface area (Å²) in [7, 11) is 0. The van der Waals surface area contributed by atoms with Crippen LogP contribution >= 0.6 is 11.3 Å². The molecule has 0 unspecified atom stereocenters. The zero-order valence-electron chi connectivity index (χ0n) is 11.9. The summed E-state index contributed by atoms with van der Waals surface area (Å²) in [6.07, 6.45) is 5.85. The van der Waals surface area contributed by atoms with Gasteiger partial charge in [-0.05, 0) is 25.7 Å². The van der Waals surface area contributed by atoms with E-state index >= 15 is 0 Å². The van der Waals surface area contributed by atoms with E-state index in [1.54, 1.807) is 11.3 Å². The van der Waals surface area contributed by atoms with Crippen molar-refractivity contribution in [3.05, 3.63) is 10.0 Å². The monoisotopic (exact) mass is 281 g/mol. The number of carbonyl (C=O) groups is 1. The van der Waals surface area contributed by atoms with Crippen LogP contribution in [0.15, 0.2) is 0 Å². The minimum Gasteiger partial charge on any atom is -0.343 e. The second kappa shape index (κ2) is 6.98. The van der Waals surface area contributed by atoms with E-state index in [1.165, 1.54) is 0 Å². The molecule has 0 aromatic carbocycles. The van der Waals surface area contributed by atoms with Crippen LogP contribution in [0.2, 0.25) is 0 Å². The van der Waals surface area contributed by atoms with Gasteiger partial charge in [-0.25, -0.2) is 0 Å². The molecule has 0 aliphatic carbocycles. The molecule has 106 valence electrons. The van der Waals surface area contributed by atoms with E-state index < -0.39 is 0 Å². The van der Waals surface area contributed by atoms with Gasteiger partial charge in [0.05, 0.1) is 0 Å². The minimum atomic E-state index is 0.326. The molecule has 0 N–H and O–H groups in total. The first kappa shape index (κ1) is 14.4. The summed E-state index contributed by atoms with van der Waals surface area (Å²) in [6, 6.07) is 0. The Morgan fingerprint density at radius 1 is 1.32 bits per heavy atom. The molecule has 1 fully saturated rings. The summed E-state index contributed by atoms with van der Waals surface area (Å²) in [5.74, 6) is 0.833. The molecule has 1 aliphatic rings. The second-order valence-electron chi connectivity index (χ2n) is 5.15. The van der Waals surface area contributed by atoms with Gasteiger partial charge in [-0.1, -0.05) is 20.3 Å². The van der Waals surface area contributed by atoms with Crippen LogP contribution in [0.4, 0.5) is 0 Å². The minimum absolute atomic E-state index is 0.326. The third kappa shape index (κ3) is 3.75. The summed E-state index contributed by atoms with van der Waals surface area (Å²) >= 11 is 1.74. The van der Waals surface area contributed by atoms with Gasteiger partial charge in [-0.3, -0.25) is 4.79 Å². The van der Waals surface area contributed by atoms with Crippen LogP contribution in [0.5, 0.6) is 0 Å². The van der Waals surface area contributed by atoms with E-state index in [4.69, 9.17) is 0 Å². The number of carbonyl (C=O) groups excluding carboxylic acids is 1. The number of aromatic nitrogens is 2. The lowest BCUT2D eigenvalue weighted by molar-refractivity contribution is -0.132. The van der Waals surface area contributed by atoms with Gasteiger partial charge in [-0.2, -0.15) is 0 Å². The molecule has 0 saturated carbocycles. The normalized spacial score (nSPS) is 16.8. The van der Waals surface area contributed by atoms with Crippen molar-refractivity contribution in [3.8, 4) is 0 Å². The van der Waals surface area contributed by atoms with E-state index in [-0.39, 0.29) is 0 Å². The van der Waals surface area contributed by atoms with Gasteiger partial charge < -0.3 is 4.90 Å². The first-order chi connectivity index (χ1) is 9.24. The number of likely N-dealkylation sites (tertiary alicyclic amines) is 1. The predicted molar refractivity (Wildman–Crippen MR) is 77.4 cm³/mol. The lowest BCUT2D eigenvalue weighted by Gasteiger charge is -2.31. The van der Waals surface area contributed by atoms with Crippen LogP contribution in [0, 0.1) is 0 Å². The van der Waals surface area contributed by atoms with Gasteiger partial charge in [0.1, 0.15) is 10.0 Å². The maximum absolute atomic E-state index is 12.0. The zero-order valence-corrected chi connectivity index (χ0v) is 12.7. The van der Waals surface area contributed by atoms with Crippen LogP contribution < -0.4 is 0 Å².